The molecule has 1 saturated heterocycles. The van der Waals surface area contributed by atoms with E-state index in [0.29, 0.717) is 44.2 Å². The molecule has 0 aliphatic carbocycles. The summed E-state index contributed by atoms with van der Waals surface area (Å²) >= 11 is 0. The Labute approximate surface area is 157 Å². The quantitative estimate of drug-likeness (QED) is 0.865. The summed E-state index contributed by atoms with van der Waals surface area (Å²) in [6.45, 7) is 2.03. The number of nitrogens with one attached hydrogen (secondary N) is 1. The zero-order chi connectivity index (χ0) is 18.9. The van der Waals surface area contributed by atoms with E-state index in [9.17, 15) is 13.2 Å². The van der Waals surface area contributed by atoms with E-state index in [1.165, 1.54) is 16.4 Å². The topological polar surface area (TPSA) is 84.9 Å². The molecular formula is C19H20N2O5S. The Morgan fingerprint density at radius 2 is 1.85 bits per heavy atom. The van der Waals surface area contributed by atoms with Gasteiger partial charge >= 0.3 is 0 Å². The van der Waals surface area contributed by atoms with Crippen LogP contribution < -0.4 is 10.1 Å². The Morgan fingerprint density at radius 3 is 2.67 bits per heavy atom. The molecule has 2 heterocycles. The van der Waals surface area contributed by atoms with Crippen LogP contribution in [0.25, 0.3) is 0 Å². The van der Waals surface area contributed by atoms with Crippen molar-refractivity contribution in [3.05, 3.63) is 53.6 Å². The minimum absolute atomic E-state index is 0.111. The standard InChI is InChI=1S/C19H20N2O5S/c22-19(20-16-4-5-18-14(12-16)6-9-26-18)15-2-1-3-17(13-15)27(23,24)21-7-10-25-11-8-21/h1-5,12-13H,6-11H2,(H,20,22). The fourth-order valence-corrected chi connectivity index (χ4v) is 4.66. The van der Waals surface area contributed by atoms with Crippen LogP contribution in [0.2, 0.25) is 0 Å². The average molecular weight is 388 g/mol. The molecular weight excluding hydrogens is 368 g/mol. The van der Waals surface area contributed by atoms with Gasteiger partial charge in [-0.1, -0.05) is 6.07 Å². The Kier molecular flexibility index (Phi) is 4.86. The number of amides is 1. The number of nitrogens with zero attached hydrogens (tertiary/aromatic N) is 1. The Morgan fingerprint density at radius 1 is 1.04 bits per heavy atom. The number of carbonyl (C=O) groups excluding carboxylic acids is 1. The van der Waals surface area contributed by atoms with Crippen LogP contribution in [-0.4, -0.2) is 51.5 Å². The highest BCUT2D eigenvalue weighted by Gasteiger charge is 2.27. The van der Waals surface area contributed by atoms with Crippen molar-refractivity contribution in [2.24, 2.45) is 0 Å². The lowest BCUT2D eigenvalue weighted by atomic mass is 10.1. The summed E-state index contributed by atoms with van der Waals surface area (Å²) in [5, 5.41) is 2.82. The number of hydrogen-bond acceptors (Lipinski definition) is 5. The zero-order valence-electron chi connectivity index (χ0n) is 14.7. The van der Waals surface area contributed by atoms with Crippen LogP contribution in [0.4, 0.5) is 5.69 Å². The first-order chi connectivity index (χ1) is 13.0. The summed E-state index contributed by atoms with van der Waals surface area (Å²) in [6.07, 6.45) is 0.812. The van der Waals surface area contributed by atoms with Crippen LogP contribution in [-0.2, 0) is 21.2 Å². The molecule has 0 unspecified atom stereocenters. The molecule has 2 aliphatic heterocycles. The number of carbonyl (C=O) groups is 1. The van der Waals surface area contributed by atoms with Gasteiger partial charge in [0.05, 0.1) is 24.7 Å². The van der Waals surface area contributed by atoms with Gasteiger partial charge in [-0.2, -0.15) is 4.31 Å². The highest BCUT2D eigenvalue weighted by atomic mass is 32.2. The molecule has 2 aliphatic rings. The smallest absolute Gasteiger partial charge is 0.255 e. The molecule has 0 spiro atoms. The number of anilines is 1. The van der Waals surface area contributed by atoms with Gasteiger partial charge in [0, 0.05) is 30.8 Å². The summed E-state index contributed by atoms with van der Waals surface area (Å²) in [5.41, 5.74) is 2.00. The Hall–Kier alpha value is -2.42. The molecule has 2 aromatic rings. The van der Waals surface area contributed by atoms with Crippen LogP contribution in [0.5, 0.6) is 5.75 Å². The molecule has 0 aromatic heterocycles. The maximum atomic E-state index is 12.8. The Bertz CT molecular complexity index is 968. The van der Waals surface area contributed by atoms with Crippen molar-refractivity contribution in [3.8, 4) is 5.75 Å². The van der Waals surface area contributed by atoms with E-state index in [-0.39, 0.29) is 10.8 Å². The molecule has 0 saturated carbocycles. The second kappa shape index (κ2) is 7.30. The summed E-state index contributed by atoms with van der Waals surface area (Å²) < 4.78 is 37.6. The summed E-state index contributed by atoms with van der Waals surface area (Å²) in [5.74, 6) is 0.486. The van der Waals surface area contributed by atoms with Crippen LogP contribution in [0.3, 0.4) is 0 Å². The first-order valence-corrected chi connectivity index (χ1v) is 10.2. The highest BCUT2D eigenvalue weighted by molar-refractivity contribution is 7.89. The van der Waals surface area contributed by atoms with Gasteiger partial charge in [0.25, 0.3) is 5.91 Å². The number of rotatable bonds is 4. The van der Waals surface area contributed by atoms with E-state index in [1.807, 2.05) is 12.1 Å². The number of fused-ring (bicyclic) bond motifs is 1. The SMILES string of the molecule is O=C(Nc1ccc2c(c1)CCO2)c1cccc(S(=O)(=O)N2CCOCC2)c1. The predicted octanol–water partition coefficient (Wildman–Crippen LogP) is 1.89. The molecule has 8 heteroatoms. The number of ether oxygens (including phenoxy) is 2. The first kappa shape index (κ1) is 18.0. The summed E-state index contributed by atoms with van der Waals surface area (Å²) in [6, 6.07) is 11.6. The van der Waals surface area contributed by atoms with Gasteiger partial charge in [0.15, 0.2) is 0 Å². The van der Waals surface area contributed by atoms with Crippen molar-refractivity contribution in [2.75, 3.05) is 38.2 Å². The largest absolute Gasteiger partial charge is 0.493 e. The third-order valence-corrected chi connectivity index (χ3v) is 6.55. The summed E-state index contributed by atoms with van der Waals surface area (Å²) in [7, 11) is -3.64. The normalized spacial score (nSPS) is 17.2. The molecule has 0 bridgehead atoms. The van der Waals surface area contributed by atoms with E-state index < -0.39 is 10.0 Å². The zero-order valence-corrected chi connectivity index (χ0v) is 15.5. The van der Waals surface area contributed by atoms with Crippen molar-refractivity contribution in [1.82, 2.24) is 4.31 Å². The van der Waals surface area contributed by atoms with Crippen molar-refractivity contribution in [2.45, 2.75) is 11.3 Å². The highest BCUT2D eigenvalue weighted by Crippen LogP contribution is 2.28. The van der Waals surface area contributed by atoms with Gasteiger partial charge in [0.1, 0.15) is 5.75 Å². The molecule has 4 rings (SSSR count). The molecule has 142 valence electrons. The third-order valence-electron chi connectivity index (χ3n) is 4.65. The van der Waals surface area contributed by atoms with Gasteiger partial charge in [-0.15, -0.1) is 0 Å². The van der Waals surface area contributed by atoms with E-state index in [4.69, 9.17) is 9.47 Å². The fourth-order valence-electron chi connectivity index (χ4n) is 3.20. The van der Waals surface area contributed by atoms with Crippen LogP contribution in [0.1, 0.15) is 15.9 Å². The van der Waals surface area contributed by atoms with Crippen LogP contribution in [0, 0.1) is 0 Å². The lowest BCUT2D eigenvalue weighted by Gasteiger charge is -2.26. The first-order valence-electron chi connectivity index (χ1n) is 8.79. The number of hydrogen-bond donors (Lipinski definition) is 1. The molecule has 7 nitrogen and oxygen atoms in total. The second-order valence-electron chi connectivity index (χ2n) is 6.42. The maximum Gasteiger partial charge on any atom is 0.255 e. The van der Waals surface area contributed by atoms with Crippen LogP contribution >= 0.6 is 0 Å². The van der Waals surface area contributed by atoms with E-state index in [2.05, 4.69) is 5.32 Å². The average Bonchev–Trinajstić information content (AvgIpc) is 3.16. The number of benzene rings is 2. The minimum Gasteiger partial charge on any atom is -0.493 e. The van der Waals surface area contributed by atoms with Crippen molar-refractivity contribution < 1.29 is 22.7 Å². The van der Waals surface area contributed by atoms with Crippen LogP contribution in [0.15, 0.2) is 47.4 Å². The molecule has 0 atom stereocenters. The predicted molar refractivity (Wildman–Crippen MR) is 99.6 cm³/mol. The third kappa shape index (κ3) is 3.69. The van der Waals surface area contributed by atoms with Crippen molar-refractivity contribution in [3.63, 3.8) is 0 Å². The van der Waals surface area contributed by atoms with E-state index in [0.717, 1.165) is 17.7 Å². The van der Waals surface area contributed by atoms with E-state index >= 15 is 0 Å². The lowest BCUT2D eigenvalue weighted by Crippen LogP contribution is -2.40. The molecule has 1 fully saturated rings. The minimum atomic E-state index is -3.64. The number of morpholine rings is 1. The summed E-state index contributed by atoms with van der Waals surface area (Å²) in [4.78, 5) is 12.7. The molecule has 1 amide bonds. The van der Waals surface area contributed by atoms with Crippen molar-refractivity contribution in [1.29, 1.82) is 0 Å². The molecule has 27 heavy (non-hydrogen) atoms. The van der Waals surface area contributed by atoms with Crippen molar-refractivity contribution >= 4 is 21.6 Å². The fraction of sp³-hybridized carbons (Fsp3) is 0.316. The number of sulfonamides is 1. The van der Waals surface area contributed by atoms with Gasteiger partial charge in [-0.3, -0.25) is 4.79 Å². The van der Waals surface area contributed by atoms with E-state index in [1.54, 1.807) is 18.2 Å². The second-order valence-corrected chi connectivity index (χ2v) is 8.36. The molecule has 2 aromatic carbocycles. The lowest BCUT2D eigenvalue weighted by molar-refractivity contribution is 0.0730. The molecule has 0 radical (unpaired) electrons. The van der Waals surface area contributed by atoms with Gasteiger partial charge in [0.2, 0.25) is 10.0 Å². The van der Waals surface area contributed by atoms with Gasteiger partial charge < -0.3 is 14.8 Å². The van der Waals surface area contributed by atoms with Gasteiger partial charge in [-0.25, -0.2) is 8.42 Å². The molecule has 1 N–H and O–H groups in total. The maximum absolute atomic E-state index is 12.8. The Balaban J connectivity index is 1.54. The van der Waals surface area contributed by atoms with Gasteiger partial charge in [-0.05, 0) is 42.0 Å². The monoisotopic (exact) mass is 388 g/mol.